The monoisotopic (exact) mass is 429 g/mol. The fourth-order valence-electron chi connectivity index (χ4n) is 3.80. The molecule has 0 atom stereocenters. The summed E-state index contributed by atoms with van der Waals surface area (Å²) in [5, 5.41) is 13.6. The number of carboxylic acid groups (broad SMARTS) is 1. The molecule has 1 fully saturated rings. The van der Waals surface area contributed by atoms with E-state index < -0.39 is 5.97 Å². The highest BCUT2D eigenvalue weighted by atomic mass is 79.9. The van der Waals surface area contributed by atoms with Crippen LogP contribution in [0.1, 0.15) is 42.9 Å². The number of nitrogens with two attached hydrogens (primary N) is 1. The molecule has 140 valence electrons. The molecule has 7 nitrogen and oxygen atoms in total. The van der Waals surface area contributed by atoms with Crippen molar-refractivity contribution in [3.05, 3.63) is 40.4 Å². The third-order valence-corrected chi connectivity index (χ3v) is 6.11. The van der Waals surface area contributed by atoms with Crippen molar-refractivity contribution in [2.24, 2.45) is 5.92 Å². The minimum absolute atomic E-state index is 0.181. The van der Waals surface area contributed by atoms with E-state index in [0.29, 0.717) is 24.3 Å². The number of aryl methyl sites for hydroxylation is 1. The van der Waals surface area contributed by atoms with E-state index in [2.05, 4.69) is 26.0 Å². The molecule has 1 aliphatic carbocycles. The number of nitrogens with zero attached hydrogens (tertiary/aromatic N) is 4. The summed E-state index contributed by atoms with van der Waals surface area (Å²) in [7, 11) is 0. The van der Waals surface area contributed by atoms with E-state index >= 15 is 0 Å². The van der Waals surface area contributed by atoms with Crippen LogP contribution in [0.25, 0.3) is 16.8 Å². The molecule has 0 aliphatic heterocycles. The molecule has 3 heterocycles. The fourth-order valence-corrected chi connectivity index (χ4v) is 4.38. The van der Waals surface area contributed by atoms with Crippen molar-refractivity contribution in [2.45, 2.75) is 38.5 Å². The summed E-state index contributed by atoms with van der Waals surface area (Å²) in [4.78, 5) is 20.4. The number of aliphatic carboxylic acids is 1. The first-order chi connectivity index (χ1) is 13.0. The van der Waals surface area contributed by atoms with Gasteiger partial charge in [0.05, 0.1) is 22.3 Å². The number of aromatic nitrogens is 4. The highest BCUT2D eigenvalue weighted by molar-refractivity contribution is 9.10. The number of carbonyl (C=O) groups is 1. The first-order valence-electron chi connectivity index (χ1n) is 8.93. The Kier molecular flexibility index (Phi) is 4.59. The first kappa shape index (κ1) is 17.9. The van der Waals surface area contributed by atoms with Crippen LogP contribution in [0.4, 0.5) is 5.82 Å². The predicted octanol–water partition coefficient (Wildman–Crippen LogP) is 3.80. The lowest BCUT2D eigenvalue weighted by Crippen LogP contribution is -2.21. The molecule has 0 unspecified atom stereocenters. The number of pyridine rings is 1. The zero-order chi connectivity index (χ0) is 19.1. The summed E-state index contributed by atoms with van der Waals surface area (Å²) in [6, 6.07) is 2.04. The van der Waals surface area contributed by atoms with Gasteiger partial charge in [0.15, 0.2) is 5.65 Å². The topological polar surface area (TPSA) is 106 Å². The van der Waals surface area contributed by atoms with Crippen molar-refractivity contribution in [1.82, 2.24) is 19.6 Å². The lowest BCUT2D eigenvalue weighted by molar-refractivity contribution is -0.142. The molecule has 0 bridgehead atoms. The largest absolute Gasteiger partial charge is 0.481 e. The average molecular weight is 430 g/mol. The number of nitrogen functional groups attached to an aromatic ring is 1. The van der Waals surface area contributed by atoms with Gasteiger partial charge in [0.25, 0.3) is 0 Å². The molecular weight excluding hydrogens is 410 g/mol. The van der Waals surface area contributed by atoms with Crippen LogP contribution >= 0.6 is 15.9 Å². The van der Waals surface area contributed by atoms with Gasteiger partial charge >= 0.3 is 5.97 Å². The number of rotatable bonds is 3. The number of hydrogen-bond donors (Lipinski definition) is 2. The van der Waals surface area contributed by atoms with Gasteiger partial charge in [-0.05, 0) is 60.2 Å². The van der Waals surface area contributed by atoms with Crippen LogP contribution < -0.4 is 5.73 Å². The number of halogens is 1. The van der Waals surface area contributed by atoms with Crippen molar-refractivity contribution >= 4 is 33.4 Å². The Labute approximate surface area is 164 Å². The second kappa shape index (κ2) is 6.92. The molecule has 4 rings (SSSR count). The van der Waals surface area contributed by atoms with Crippen molar-refractivity contribution in [3.63, 3.8) is 0 Å². The van der Waals surface area contributed by atoms with Gasteiger partial charge in [0.1, 0.15) is 5.82 Å². The van der Waals surface area contributed by atoms with E-state index in [-0.39, 0.29) is 11.8 Å². The minimum atomic E-state index is -0.708. The van der Waals surface area contributed by atoms with Crippen molar-refractivity contribution in [1.29, 1.82) is 0 Å². The van der Waals surface area contributed by atoms with Crippen LogP contribution in [0.2, 0.25) is 0 Å². The van der Waals surface area contributed by atoms with Crippen molar-refractivity contribution in [3.8, 4) is 11.1 Å². The number of fused-ring (bicyclic) bond motifs is 1. The van der Waals surface area contributed by atoms with E-state index in [1.165, 1.54) is 0 Å². The van der Waals surface area contributed by atoms with Crippen molar-refractivity contribution in [2.75, 3.05) is 5.73 Å². The molecule has 3 aromatic rings. The van der Waals surface area contributed by atoms with E-state index in [1.807, 2.05) is 13.0 Å². The number of carboxylic acids is 1. The minimum Gasteiger partial charge on any atom is -0.481 e. The summed E-state index contributed by atoms with van der Waals surface area (Å²) in [6.45, 7) is 1.99. The zero-order valence-corrected chi connectivity index (χ0v) is 16.5. The lowest BCUT2D eigenvalue weighted by atomic mass is 9.80. The van der Waals surface area contributed by atoms with Crippen LogP contribution in [-0.4, -0.2) is 30.7 Å². The Morgan fingerprint density at radius 1 is 1.26 bits per heavy atom. The molecule has 3 N–H and O–H groups in total. The Hall–Kier alpha value is -2.48. The normalized spacial score (nSPS) is 20.1. The molecular formula is C19H20BrN5O2. The highest BCUT2D eigenvalue weighted by Gasteiger charge is 2.30. The van der Waals surface area contributed by atoms with E-state index in [4.69, 9.17) is 10.7 Å². The number of anilines is 1. The number of hydrogen-bond acceptors (Lipinski definition) is 5. The van der Waals surface area contributed by atoms with E-state index in [0.717, 1.165) is 39.7 Å². The maximum Gasteiger partial charge on any atom is 0.306 e. The van der Waals surface area contributed by atoms with Crippen molar-refractivity contribution < 1.29 is 9.90 Å². The molecule has 0 amide bonds. The van der Waals surface area contributed by atoms with Gasteiger partial charge in [-0.3, -0.25) is 9.78 Å². The Morgan fingerprint density at radius 2 is 2.00 bits per heavy atom. The van der Waals surface area contributed by atoms with Gasteiger partial charge in [-0.15, -0.1) is 0 Å². The third kappa shape index (κ3) is 3.18. The standard InChI is InChI=1S/C19H20BrN5O2/c1-10-6-13(8-22-7-10)14-9-23-25-17(21)15(20)16(24-18(14)25)11-2-4-12(5-3-11)19(26)27/h6-9,11-12H,2-5,21H2,1H3,(H,26,27)/t11-,12-. The summed E-state index contributed by atoms with van der Waals surface area (Å²) in [5.74, 6) is -0.284. The van der Waals surface area contributed by atoms with Crippen LogP contribution in [0.15, 0.2) is 29.1 Å². The molecule has 0 saturated heterocycles. The second-order valence-electron chi connectivity index (χ2n) is 7.13. The van der Waals surface area contributed by atoms with Crippen LogP contribution in [0, 0.1) is 12.8 Å². The molecule has 1 saturated carbocycles. The summed E-state index contributed by atoms with van der Waals surface area (Å²) in [6.07, 6.45) is 8.25. The third-order valence-electron chi connectivity index (χ3n) is 5.30. The lowest BCUT2D eigenvalue weighted by Gasteiger charge is -2.26. The zero-order valence-electron chi connectivity index (χ0n) is 14.9. The summed E-state index contributed by atoms with van der Waals surface area (Å²) in [5.41, 5.74) is 10.8. The van der Waals surface area contributed by atoms with E-state index in [9.17, 15) is 9.90 Å². The molecule has 0 spiro atoms. The quantitative estimate of drug-likeness (QED) is 0.655. The van der Waals surface area contributed by atoms with Crippen LogP contribution in [0.5, 0.6) is 0 Å². The molecule has 0 radical (unpaired) electrons. The maximum absolute atomic E-state index is 11.2. The average Bonchev–Trinajstić information content (AvgIpc) is 3.09. The van der Waals surface area contributed by atoms with Gasteiger partial charge in [-0.2, -0.15) is 9.61 Å². The molecule has 0 aromatic carbocycles. The molecule has 27 heavy (non-hydrogen) atoms. The highest BCUT2D eigenvalue weighted by Crippen LogP contribution is 2.40. The Bertz CT molecular complexity index is 1020. The van der Waals surface area contributed by atoms with Gasteiger partial charge in [-0.25, -0.2) is 4.98 Å². The molecule has 1 aliphatic rings. The SMILES string of the molecule is Cc1cncc(-c2cnn3c(N)c(Br)c([C@H]4CC[C@H](C(=O)O)CC4)nc23)c1. The van der Waals surface area contributed by atoms with Gasteiger partial charge in [-0.1, -0.05) is 0 Å². The Morgan fingerprint density at radius 3 is 2.67 bits per heavy atom. The van der Waals surface area contributed by atoms with E-state index in [1.54, 1.807) is 23.1 Å². The smallest absolute Gasteiger partial charge is 0.306 e. The predicted molar refractivity (Wildman–Crippen MR) is 105 cm³/mol. The second-order valence-corrected chi connectivity index (χ2v) is 7.92. The first-order valence-corrected chi connectivity index (χ1v) is 9.72. The van der Waals surface area contributed by atoms with Crippen LogP contribution in [-0.2, 0) is 4.79 Å². The van der Waals surface area contributed by atoms with Gasteiger partial charge in [0.2, 0.25) is 0 Å². The van der Waals surface area contributed by atoms with Crippen LogP contribution in [0.3, 0.4) is 0 Å². The molecule has 3 aromatic heterocycles. The van der Waals surface area contributed by atoms with Gasteiger partial charge < -0.3 is 10.8 Å². The Balaban J connectivity index is 1.77. The summed E-state index contributed by atoms with van der Waals surface area (Å²) >= 11 is 3.58. The summed E-state index contributed by atoms with van der Waals surface area (Å²) < 4.78 is 2.37. The maximum atomic E-state index is 11.2. The molecule has 8 heteroatoms. The fraction of sp³-hybridized carbons (Fsp3) is 0.368. The van der Waals surface area contributed by atoms with Gasteiger partial charge in [0, 0.05) is 29.4 Å².